The van der Waals surface area contributed by atoms with Crippen LogP contribution >= 0.6 is 15.9 Å². The Bertz CT molecular complexity index is 647. The van der Waals surface area contributed by atoms with Gasteiger partial charge in [-0.05, 0) is 36.4 Å². The van der Waals surface area contributed by atoms with Crippen molar-refractivity contribution in [2.24, 2.45) is 0 Å². The first kappa shape index (κ1) is 13.4. The van der Waals surface area contributed by atoms with Gasteiger partial charge in [-0.25, -0.2) is 9.18 Å². The van der Waals surface area contributed by atoms with E-state index in [1.165, 1.54) is 24.3 Å². The molecule has 98 valence electrons. The van der Waals surface area contributed by atoms with Crippen LogP contribution in [-0.4, -0.2) is 11.1 Å². The van der Waals surface area contributed by atoms with Crippen LogP contribution in [0.25, 0.3) is 0 Å². The molecule has 0 spiro atoms. The van der Waals surface area contributed by atoms with E-state index in [0.29, 0.717) is 15.8 Å². The number of hydrogen-bond donors (Lipinski definition) is 3. The van der Waals surface area contributed by atoms with E-state index in [1.807, 2.05) is 0 Å². The number of anilines is 3. The van der Waals surface area contributed by atoms with E-state index in [0.717, 1.165) is 0 Å². The summed E-state index contributed by atoms with van der Waals surface area (Å²) in [6.07, 6.45) is 0. The second-order valence-corrected chi connectivity index (χ2v) is 4.77. The number of nitrogens with one attached hydrogen (secondary N) is 1. The fourth-order valence-electron chi connectivity index (χ4n) is 1.54. The molecule has 6 heteroatoms. The summed E-state index contributed by atoms with van der Waals surface area (Å²) in [5.41, 5.74) is 6.71. The molecule has 0 radical (unpaired) electrons. The normalized spacial score (nSPS) is 10.2. The maximum atomic E-state index is 13.6. The SMILES string of the molecule is Nc1ccc(C(=O)O)cc1Nc1cc(Br)ccc1F. The lowest BCUT2D eigenvalue weighted by Crippen LogP contribution is -2.02. The molecule has 4 N–H and O–H groups in total. The maximum absolute atomic E-state index is 13.6. The first-order valence-corrected chi connectivity index (χ1v) is 6.11. The number of nitrogen functional groups attached to an aromatic ring is 1. The number of carboxylic acids is 1. The molecule has 0 bridgehead atoms. The summed E-state index contributed by atoms with van der Waals surface area (Å²) in [6, 6.07) is 8.61. The molecule has 2 rings (SSSR count). The zero-order chi connectivity index (χ0) is 14.0. The van der Waals surface area contributed by atoms with Crippen molar-refractivity contribution >= 4 is 39.0 Å². The minimum absolute atomic E-state index is 0.0760. The Hall–Kier alpha value is -2.08. The standard InChI is InChI=1S/C13H10BrFN2O2/c14-8-2-3-9(15)11(6-8)17-12-5-7(13(18)19)1-4-10(12)16/h1-6,17H,16H2,(H,18,19). The minimum Gasteiger partial charge on any atom is -0.478 e. The van der Waals surface area contributed by atoms with E-state index in [4.69, 9.17) is 10.8 Å². The zero-order valence-corrected chi connectivity index (χ0v) is 11.2. The second kappa shape index (κ2) is 5.27. The molecule has 4 nitrogen and oxygen atoms in total. The molecule has 0 aliphatic heterocycles. The van der Waals surface area contributed by atoms with Crippen molar-refractivity contribution in [2.75, 3.05) is 11.1 Å². The molecule has 0 heterocycles. The molecule has 0 unspecified atom stereocenters. The number of halogens is 2. The van der Waals surface area contributed by atoms with Gasteiger partial charge in [-0.1, -0.05) is 15.9 Å². The third-order valence-corrected chi connectivity index (χ3v) is 2.99. The van der Waals surface area contributed by atoms with Gasteiger partial charge in [0.1, 0.15) is 5.82 Å². The van der Waals surface area contributed by atoms with Gasteiger partial charge in [-0.3, -0.25) is 0 Å². The van der Waals surface area contributed by atoms with Gasteiger partial charge in [-0.15, -0.1) is 0 Å². The van der Waals surface area contributed by atoms with Gasteiger partial charge in [0, 0.05) is 4.47 Å². The van der Waals surface area contributed by atoms with Crippen LogP contribution in [-0.2, 0) is 0 Å². The molecule has 0 fully saturated rings. The summed E-state index contributed by atoms with van der Waals surface area (Å²) < 4.78 is 14.3. The highest BCUT2D eigenvalue weighted by Crippen LogP contribution is 2.28. The van der Waals surface area contributed by atoms with Crippen molar-refractivity contribution in [1.29, 1.82) is 0 Å². The Kier molecular flexibility index (Phi) is 3.71. The molecular weight excluding hydrogens is 315 g/mol. The lowest BCUT2D eigenvalue weighted by molar-refractivity contribution is 0.0697. The fraction of sp³-hybridized carbons (Fsp3) is 0. The molecule has 2 aromatic rings. The number of benzene rings is 2. The number of hydrogen-bond acceptors (Lipinski definition) is 3. The van der Waals surface area contributed by atoms with E-state index in [1.54, 1.807) is 12.1 Å². The molecule has 0 amide bonds. The van der Waals surface area contributed by atoms with Gasteiger partial charge in [0.15, 0.2) is 0 Å². The summed E-state index contributed by atoms with van der Waals surface area (Å²) in [7, 11) is 0. The van der Waals surface area contributed by atoms with Crippen molar-refractivity contribution < 1.29 is 14.3 Å². The molecule has 19 heavy (non-hydrogen) atoms. The summed E-state index contributed by atoms with van der Waals surface area (Å²) in [4.78, 5) is 10.9. The lowest BCUT2D eigenvalue weighted by Gasteiger charge is -2.11. The van der Waals surface area contributed by atoms with Gasteiger partial charge in [-0.2, -0.15) is 0 Å². The van der Waals surface area contributed by atoms with Crippen LogP contribution in [0.3, 0.4) is 0 Å². The van der Waals surface area contributed by atoms with Gasteiger partial charge < -0.3 is 16.2 Å². The van der Waals surface area contributed by atoms with Crippen LogP contribution in [0.1, 0.15) is 10.4 Å². The monoisotopic (exact) mass is 324 g/mol. The largest absolute Gasteiger partial charge is 0.478 e. The molecule has 0 atom stereocenters. The van der Waals surface area contributed by atoms with E-state index >= 15 is 0 Å². The number of rotatable bonds is 3. The van der Waals surface area contributed by atoms with Crippen molar-refractivity contribution in [3.8, 4) is 0 Å². The first-order chi connectivity index (χ1) is 8.97. The molecule has 0 aliphatic rings. The van der Waals surface area contributed by atoms with E-state index in [2.05, 4.69) is 21.2 Å². The highest BCUT2D eigenvalue weighted by molar-refractivity contribution is 9.10. The van der Waals surface area contributed by atoms with Gasteiger partial charge in [0.05, 0.1) is 22.6 Å². The summed E-state index contributed by atoms with van der Waals surface area (Å²) in [5.74, 6) is -1.53. The Morgan fingerprint density at radius 2 is 1.95 bits per heavy atom. The summed E-state index contributed by atoms with van der Waals surface area (Å²) in [6.45, 7) is 0. The summed E-state index contributed by atoms with van der Waals surface area (Å²) in [5, 5.41) is 11.7. The van der Waals surface area contributed by atoms with Crippen molar-refractivity contribution in [1.82, 2.24) is 0 Å². The lowest BCUT2D eigenvalue weighted by atomic mass is 10.1. The Morgan fingerprint density at radius 1 is 1.21 bits per heavy atom. The molecule has 0 saturated carbocycles. The molecular formula is C13H10BrFN2O2. The number of nitrogens with two attached hydrogens (primary N) is 1. The fourth-order valence-corrected chi connectivity index (χ4v) is 1.90. The number of carbonyl (C=O) groups is 1. The Balaban J connectivity index is 2.40. The zero-order valence-electron chi connectivity index (χ0n) is 9.65. The van der Waals surface area contributed by atoms with Gasteiger partial charge in [0.2, 0.25) is 0 Å². The van der Waals surface area contributed by atoms with E-state index in [9.17, 15) is 9.18 Å². The third-order valence-electron chi connectivity index (χ3n) is 2.50. The smallest absolute Gasteiger partial charge is 0.335 e. The Morgan fingerprint density at radius 3 is 2.63 bits per heavy atom. The predicted molar refractivity (Wildman–Crippen MR) is 75.2 cm³/mol. The van der Waals surface area contributed by atoms with Gasteiger partial charge >= 0.3 is 5.97 Å². The van der Waals surface area contributed by atoms with Crippen LogP contribution in [0.15, 0.2) is 40.9 Å². The molecule has 2 aromatic carbocycles. The van der Waals surface area contributed by atoms with Crippen molar-refractivity contribution in [3.05, 3.63) is 52.3 Å². The minimum atomic E-state index is -1.07. The summed E-state index contributed by atoms with van der Waals surface area (Å²) >= 11 is 3.23. The first-order valence-electron chi connectivity index (χ1n) is 5.32. The molecule has 0 aliphatic carbocycles. The third kappa shape index (κ3) is 3.03. The highest BCUT2D eigenvalue weighted by Gasteiger charge is 2.09. The number of aromatic carboxylic acids is 1. The number of carboxylic acid groups (broad SMARTS) is 1. The van der Waals surface area contributed by atoms with Crippen LogP contribution in [0.5, 0.6) is 0 Å². The predicted octanol–water partition coefficient (Wildman–Crippen LogP) is 3.61. The molecule has 0 aromatic heterocycles. The topological polar surface area (TPSA) is 75.4 Å². The van der Waals surface area contributed by atoms with E-state index < -0.39 is 11.8 Å². The average Bonchev–Trinajstić information content (AvgIpc) is 2.36. The maximum Gasteiger partial charge on any atom is 0.335 e. The van der Waals surface area contributed by atoms with Crippen LogP contribution in [0.2, 0.25) is 0 Å². The van der Waals surface area contributed by atoms with Crippen molar-refractivity contribution in [3.63, 3.8) is 0 Å². The van der Waals surface area contributed by atoms with Crippen LogP contribution < -0.4 is 11.1 Å². The second-order valence-electron chi connectivity index (χ2n) is 3.86. The van der Waals surface area contributed by atoms with Crippen LogP contribution in [0, 0.1) is 5.82 Å². The quantitative estimate of drug-likeness (QED) is 0.754. The van der Waals surface area contributed by atoms with Crippen molar-refractivity contribution in [2.45, 2.75) is 0 Å². The average molecular weight is 325 g/mol. The van der Waals surface area contributed by atoms with Gasteiger partial charge in [0.25, 0.3) is 0 Å². The Labute approximate surface area is 117 Å². The highest BCUT2D eigenvalue weighted by atomic mass is 79.9. The van der Waals surface area contributed by atoms with E-state index in [-0.39, 0.29) is 11.3 Å². The molecule has 0 saturated heterocycles. The van der Waals surface area contributed by atoms with Crippen LogP contribution in [0.4, 0.5) is 21.5 Å².